The molecule has 0 radical (unpaired) electrons. The minimum atomic E-state index is 0.00959. The SMILES string of the molecule is COc1cc2c3c(c1O)Oc1ccc(cc1)CC1NCCc4cc(OC)c(c(OC)c41)OCc1ccc(cc1)CC3N(C)CC2. The Morgan fingerprint density at radius 1 is 0.778 bits per heavy atom. The third kappa shape index (κ3) is 5.42. The van der Waals surface area contributed by atoms with E-state index in [-0.39, 0.29) is 17.8 Å². The largest absolute Gasteiger partial charge is 0.502 e. The third-order valence-corrected chi connectivity index (χ3v) is 9.47. The monoisotopic (exact) mass is 608 g/mol. The Labute approximate surface area is 264 Å². The second-order valence-corrected chi connectivity index (χ2v) is 12.1. The zero-order valence-electron chi connectivity index (χ0n) is 26.3. The molecule has 6 aliphatic heterocycles. The summed E-state index contributed by atoms with van der Waals surface area (Å²) in [4.78, 5) is 2.34. The summed E-state index contributed by atoms with van der Waals surface area (Å²) in [5.74, 6) is 3.59. The first-order valence-corrected chi connectivity index (χ1v) is 15.6. The van der Waals surface area contributed by atoms with Crippen molar-refractivity contribution in [1.82, 2.24) is 10.2 Å². The lowest BCUT2D eigenvalue weighted by molar-refractivity contribution is 0.222. The second-order valence-electron chi connectivity index (χ2n) is 12.1. The molecule has 0 spiro atoms. The van der Waals surface area contributed by atoms with Crippen LogP contribution in [0.2, 0.25) is 0 Å². The highest BCUT2D eigenvalue weighted by Gasteiger charge is 2.33. The van der Waals surface area contributed by atoms with Crippen molar-refractivity contribution in [2.24, 2.45) is 0 Å². The van der Waals surface area contributed by atoms with Crippen molar-refractivity contribution in [3.05, 3.63) is 99.6 Å². The number of phenolic OH excluding ortho intramolecular Hbond substituents is 1. The second kappa shape index (κ2) is 12.2. The van der Waals surface area contributed by atoms with E-state index in [4.69, 9.17) is 23.7 Å². The molecule has 0 aromatic heterocycles. The standard InChI is InChI=1S/C37H40N2O6/c1-39-16-14-26-19-30(41-2)34(40)36-33(26)29(39)18-23-5-7-24(8-6-23)21-44-35-31(42-3)20-25-13-15-38-28(32(25)37(35)43-4)17-22-9-11-27(45-36)12-10-22/h5-12,19-20,28-29,38,40H,13-18,21H2,1-4H3. The first-order chi connectivity index (χ1) is 22.0. The Balaban J connectivity index is 1.36. The van der Waals surface area contributed by atoms with Gasteiger partial charge in [-0.25, -0.2) is 0 Å². The Morgan fingerprint density at radius 3 is 2.18 bits per heavy atom. The number of hydrogen-bond donors (Lipinski definition) is 2. The molecule has 0 amide bonds. The van der Waals surface area contributed by atoms with Gasteiger partial charge >= 0.3 is 0 Å². The van der Waals surface area contributed by atoms with Crippen LogP contribution in [-0.2, 0) is 32.3 Å². The number of hydrogen-bond acceptors (Lipinski definition) is 8. The number of likely N-dealkylation sites (N-methyl/N-ethyl adjacent to an activating group) is 1. The van der Waals surface area contributed by atoms with Crippen LogP contribution in [0.4, 0.5) is 0 Å². The quantitative estimate of drug-likeness (QED) is 0.280. The molecule has 2 atom stereocenters. The lowest BCUT2D eigenvalue weighted by Gasteiger charge is -2.36. The summed E-state index contributed by atoms with van der Waals surface area (Å²) in [6, 6.07) is 20.8. The van der Waals surface area contributed by atoms with Gasteiger partial charge < -0.3 is 34.1 Å². The van der Waals surface area contributed by atoms with Gasteiger partial charge in [0.15, 0.2) is 23.0 Å². The maximum absolute atomic E-state index is 11.4. The highest BCUT2D eigenvalue weighted by molar-refractivity contribution is 5.62. The molecule has 6 bridgehead atoms. The van der Waals surface area contributed by atoms with E-state index in [0.717, 1.165) is 66.6 Å². The van der Waals surface area contributed by atoms with Crippen LogP contribution in [0.3, 0.4) is 0 Å². The molecule has 45 heavy (non-hydrogen) atoms. The first kappa shape index (κ1) is 29.3. The molecule has 8 nitrogen and oxygen atoms in total. The molecule has 4 aromatic carbocycles. The Morgan fingerprint density at radius 2 is 1.44 bits per heavy atom. The highest BCUT2D eigenvalue weighted by Crippen LogP contribution is 2.50. The number of aromatic hydroxyl groups is 1. The molecule has 6 aliphatic rings. The van der Waals surface area contributed by atoms with Crippen LogP contribution in [0.25, 0.3) is 0 Å². The van der Waals surface area contributed by atoms with Crippen LogP contribution < -0.4 is 29.0 Å². The predicted octanol–water partition coefficient (Wildman–Crippen LogP) is 6.30. The minimum Gasteiger partial charge on any atom is -0.502 e. The van der Waals surface area contributed by atoms with Gasteiger partial charge in [0.25, 0.3) is 0 Å². The van der Waals surface area contributed by atoms with Crippen molar-refractivity contribution >= 4 is 0 Å². The molecular weight excluding hydrogens is 568 g/mol. The van der Waals surface area contributed by atoms with E-state index in [1.807, 2.05) is 18.2 Å². The Kier molecular flexibility index (Phi) is 7.94. The molecule has 0 saturated carbocycles. The van der Waals surface area contributed by atoms with Gasteiger partial charge in [-0.15, -0.1) is 0 Å². The zero-order chi connectivity index (χ0) is 31.1. The molecule has 6 heterocycles. The van der Waals surface area contributed by atoms with Crippen LogP contribution in [0.5, 0.6) is 40.2 Å². The van der Waals surface area contributed by atoms with Crippen molar-refractivity contribution < 1.29 is 28.8 Å². The van der Waals surface area contributed by atoms with Crippen LogP contribution in [0, 0.1) is 0 Å². The fraction of sp³-hybridized carbons (Fsp3) is 0.351. The maximum Gasteiger partial charge on any atom is 0.204 e. The van der Waals surface area contributed by atoms with Gasteiger partial charge in [0.05, 0.1) is 21.3 Å². The number of benzene rings is 4. The van der Waals surface area contributed by atoms with E-state index in [9.17, 15) is 5.11 Å². The van der Waals surface area contributed by atoms with E-state index in [1.54, 1.807) is 21.3 Å². The van der Waals surface area contributed by atoms with Gasteiger partial charge in [-0.3, -0.25) is 4.90 Å². The molecule has 0 saturated heterocycles. The fourth-order valence-electron chi connectivity index (χ4n) is 7.07. The predicted molar refractivity (Wildman–Crippen MR) is 172 cm³/mol. The maximum atomic E-state index is 11.4. The molecule has 234 valence electrons. The van der Waals surface area contributed by atoms with E-state index in [1.165, 1.54) is 11.1 Å². The van der Waals surface area contributed by atoms with Gasteiger partial charge in [0.1, 0.15) is 12.4 Å². The zero-order valence-corrected chi connectivity index (χ0v) is 26.3. The first-order valence-electron chi connectivity index (χ1n) is 15.6. The van der Waals surface area contributed by atoms with Gasteiger partial charge in [-0.2, -0.15) is 0 Å². The van der Waals surface area contributed by atoms with Crippen molar-refractivity contribution in [3.63, 3.8) is 0 Å². The van der Waals surface area contributed by atoms with E-state index < -0.39 is 0 Å². The van der Waals surface area contributed by atoms with Gasteiger partial charge in [-0.05, 0) is 91.4 Å². The summed E-state index contributed by atoms with van der Waals surface area (Å²) in [7, 11) is 7.09. The van der Waals surface area contributed by atoms with Crippen LogP contribution in [0.15, 0.2) is 60.7 Å². The lowest BCUT2D eigenvalue weighted by Crippen LogP contribution is -2.33. The van der Waals surface area contributed by atoms with Crippen molar-refractivity contribution in [2.45, 2.75) is 44.4 Å². The summed E-state index contributed by atoms with van der Waals surface area (Å²) in [5, 5.41) is 15.1. The third-order valence-electron chi connectivity index (χ3n) is 9.47. The minimum absolute atomic E-state index is 0.00959. The number of phenols is 1. The fourth-order valence-corrected chi connectivity index (χ4v) is 7.07. The van der Waals surface area contributed by atoms with Gasteiger partial charge in [0, 0.05) is 29.8 Å². The van der Waals surface area contributed by atoms with E-state index in [2.05, 4.69) is 59.7 Å². The number of nitrogens with zero attached hydrogens (tertiary/aromatic N) is 1. The molecule has 2 unspecified atom stereocenters. The van der Waals surface area contributed by atoms with Crippen molar-refractivity contribution in [1.29, 1.82) is 0 Å². The summed E-state index contributed by atoms with van der Waals surface area (Å²) >= 11 is 0. The number of ether oxygens (including phenoxy) is 5. The molecular formula is C37H40N2O6. The topological polar surface area (TPSA) is 81.7 Å². The summed E-state index contributed by atoms with van der Waals surface area (Å²) in [6.45, 7) is 2.13. The van der Waals surface area contributed by atoms with Crippen molar-refractivity contribution in [3.8, 4) is 40.2 Å². The molecule has 0 fully saturated rings. The number of nitrogens with one attached hydrogen (secondary N) is 1. The smallest absolute Gasteiger partial charge is 0.204 e. The molecule has 10 rings (SSSR count). The molecule has 2 N–H and O–H groups in total. The molecule has 8 heteroatoms. The average Bonchev–Trinajstić information content (AvgIpc) is 3.06. The van der Waals surface area contributed by atoms with Crippen molar-refractivity contribution in [2.75, 3.05) is 41.5 Å². The lowest BCUT2D eigenvalue weighted by atomic mass is 9.87. The average molecular weight is 609 g/mol. The van der Waals surface area contributed by atoms with Gasteiger partial charge in [0.2, 0.25) is 11.5 Å². The Bertz CT molecular complexity index is 1700. The summed E-state index contributed by atoms with van der Waals surface area (Å²) in [5.41, 5.74) is 7.82. The van der Waals surface area contributed by atoms with E-state index in [0.29, 0.717) is 41.1 Å². The summed E-state index contributed by atoms with van der Waals surface area (Å²) < 4.78 is 30.5. The van der Waals surface area contributed by atoms with Crippen LogP contribution in [0.1, 0.15) is 51.0 Å². The van der Waals surface area contributed by atoms with Crippen LogP contribution >= 0.6 is 0 Å². The normalized spacial score (nSPS) is 19.2. The van der Waals surface area contributed by atoms with Gasteiger partial charge in [-0.1, -0.05) is 36.4 Å². The molecule has 4 aromatic rings. The number of methoxy groups -OCH3 is 3. The summed E-state index contributed by atoms with van der Waals surface area (Å²) in [6.07, 6.45) is 3.22. The highest BCUT2D eigenvalue weighted by atomic mass is 16.5. The number of rotatable bonds is 3. The van der Waals surface area contributed by atoms with Crippen LogP contribution in [-0.4, -0.2) is 51.5 Å². The molecule has 0 aliphatic carbocycles. The van der Waals surface area contributed by atoms with E-state index >= 15 is 0 Å². The Hall–Kier alpha value is -4.40.